The van der Waals surface area contributed by atoms with Gasteiger partial charge in [-0.15, -0.1) is 11.3 Å². The predicted octanol–water partition coefficient (Wildman–Crippen LogP) is 5.57. The number of carbonyl (C=O) groups is 1. The molecule has 3 rings (SSSR count). The Morgan fingerprint density at radius 2 is 1.95 bits per heavy atom. The van der Waals surface area contributed by atoms with Crippen molar-refractivity contribution in [2.75, 3.05) is 5.32 Å². The van der Waals surface area contributed by atoms with Crippen LogP contribution in [0.3, 0.4) is 0 Å². The van der Waals surface area contributed by atoms with E-state index in [-0.39, 0.29) is 5.91 Å². The van der Waals surface area contributed by atoms with Gasteiger partial charge in [0.15, 0.2) is 0 Å². The van der Waals surface area contributed by atoms with Gasteiger partial charge in [-0.1, -0.05) is 35.9 Å². The van der Waals surface area contributed by atoms with Gasteiger partial charge in [-0.3, -0.25) is 4.79 Å². The van der Waals surface area contributed by atoms with Crippen LogP contribution in [0.2, 0.25) is 5.02 Å². The number of anilines is 1. The zero-order chi connectivity index (χ0) is 14.1. The van der Waals surface area contributed by atoms with Crippen molar-refractivity contribution in [3.8, 4) is 0 Å². The van der Waals surface area contributed by atoms with Gasteiger partial charge in [0.2, 0.25) is 0 Å². The van der Waals surface area contributed by atoms with Gasteiger partial charge in [-0.2, -0.15) is 0 Å². The monoisotopic (exact) mass is 365 g/mol. The van der Waals surface area contributed by atoms with Gasteiger partial charge in [0.05, 0.1) is 20.1 Å². The number of amides is 1. The van der Waals surface area contributed by atoms with Crippen LogP contribution in [0.15, 0.2) is 53.0 Å². The molecule has 0 saturated heterocycles. The van der Waals surface area contributed by atoms with Crippen molar-refractivity contribution in [3.05, 3.63) is 62.9 Å². The lowest BCUT2D eigenvalue weighted by atomic mass is 10.2. The normalized spacial score (nSPS) is 10.7. The highest BCUT2D eigenvalue weighted by Gasteiger charge is 2.12. The van der Waals surface area contributed by atoms with E-state index in [0.717, 1.165) is 10.1 Å². The second-order valence-electron chi connectivity index (χ2n) is 4.20. The molecular formula is C15H9BrClNOS. The largest absolute Gasteiger partial charge is 0.320 e. The first kappa shape index (κ1) is 13.6. The fourth-order valence-electron chi connectivity index (χ4n) is 1.88. The summed E-state index contributed by atoms with van der Waals surface area (Å²) in [5.74, 6) is -0.130. The van der Waals surface area contributed by atoms with Crippen LogP contribution in [0.1, 0.15) is 9.67 Å². The minimum atomic E-state index is -0.130. The summed E-state index contributed by atoms with van der Waals surface area (Å²) in [7, 11) is 0. The summed E-state index contributed by atoms with van der Waals surface area (Å²) in [5.41, 5.74) is 0.667. The molecule has 5 heteroatoms. The van der Waals surface area contributed by atoms with Crippen LogP contribution in [0.5, 0.6) is 0 Å². The molecule has 0 bridgehead atoms. The van der Waals surface area contributed by atoms with Gasteiger partial charge in [0.25, 0.3) is 5.91 Å². The Morgan fingerprint density at radius 3 is 2.75 bits per heavy atom. The average Bonchev–Trinajstić information content (AvgIpc) is 2.88. The molecule has 0 aliphatic carbocycles. The summed E-state index contributed by atoms with van der Waals surface area (Å²) in [6.45, 7) is 0. The summed E-state index contributed by atoms with van der Waals surface area (Å²) in [4.78, 5) is 13.0. The molecule has 20 heavy (non-hydrogen) atoms. The van der Waals surface area contributed by atoms with Crippen LogP contribution in [0.4, 0.5) is 5.69 Å². The number of fused-ring (bicyclic) bond motifs is 1. The Balaban J connectivity index is 1.91. The molecule has 1 amide bonds. The van der Waals surface area contributed by atoms with Crippen molar-refractivity contribution in [1.82, 2.24) is 0 Å². The minimum Gasteiger partial charge on any atom is -0.320 e. The molecule has 0 fully saturated rings. The highest BCUT2D eigenvalue weighted by molar-refractivity contribution is 9.10. The first-order chi connectivity index (χ1) is 9.65. The predicted molar refractivity (Wildman–Crippen MR) is 88.9 cm³/mol. The van der Waals surface area contributed by atoms with Crippen LogP contribution in [-0.2, 0) is 0 Å². The molecule has 0 spiro atoms. The van der Waals surface area contributed by atoms with Crippen LogP contribution < -0.4 is 5.32 Å². The van der Waals surface area contributed by atoms with Crippen LogP contribution in [-0.4, -0.2) is 5.91 Å². The van der Waals surface area contributed by atoms with E-state index < -0.39 is 0 Å². The molecule has 2 aromatic carbocycles. The molecule has 0 aliphatic rings. The minimum absolute atomic E-state index is 0.130. The Kier molecular flexibility index (Phi) is 3.78. The highest BCUT2D eigenvalue weighted by atomic mass is 79.9. The van der Waals surface area contributed by atoms with Crippen molar-refractivity contribution in [1.29, 1.82) is 0 Å². The lowest BCUT2D eigenvalue weighted by molar-refractivity contribution is 0.103. The van der Waals surface area contributed by atoms with Gasteiger partial charge in [0, 0.05) is 4.70 Å². The van der Waals surface area contributed by atoms with E-state index in [1.807, 2.05) is 30.3 Å². The number of carbonyl (C=O) groups excluding carboxylic acids is 1. The smallest absolute Gasteiger partial charge is 0.265 e. The Hall–Kier alpha value is -1.36. The lowest BCUT2D eigenvalue weighted by Crippen LogP contribution is -2.10. The summed E-state index contributed by atoms with van der Waals surface area (Å²) >= 11 is 10.9. The van der Waals surface area contributed by atoms with E-state index in [1.54, 1.807) is 18.2 Å². The van der Waals surface area contributed by atoms with E-state index in [1.165, 1.54) is 11.3 Å². The molecule has 2 nitrogen and oxygen atoms in total. The molecular weight excluding hydrogens is 358 g/mol. The highest BCUT2D eigenvalue weighted by Crippen LogP contribution is 2.31. The first-order valence-corrected chi connectivity index (χ1v) is 7.88. The maximum Gasteiger partial charge on any atom is 0.265 e. The second kappa shape index (κ2) is 5.56. The molecule has 1 aromatic heterocycles. The molecule has 0 unspecified atom stereocenters. The maximum absolute atomic E-state index is 12.3. The Labute approximate surface area is 133 Å². The fourth-order valence-corrected chi connectivity index (χ4v) is 3.37. The van der Waals surface area contributed by atoms with Crippen LogP contribution in [0.25, 0.3) is 10.1 Å². The first-order valence-electron chi connectivity index (χ1n) is 5.89. The number of hydrogen-bond acceptors (Lipinski definition) is 2. The summed E-state index contributed by atoms with van der Waals surface area (Å²) in [6.07, 6.45) is 0. The van der Waals surface area contributed by atoms with E-state index in [2.05, 4.69) is 21.2 Å². The molecule has 3 aromatic rings. The number of rotatable bonds is 2. The van der Waals surface area contributed by atoms with Crippen LogP contribution in [0, 0.1) is 0 Å². The maximum atomic E-state index is 12.3. The molecule has 0 radical (unpaired) electrons. The van der Waals surface area contributed by atoms with Crippen molar-refractivity contribution in [2.45, 2.75) is 0 Å². The Morgan fingerprint density at radius 1 is 1.15 bits per heavy atom. The molecule has 0 saturated carbocycles. The van der Waals surface area contributed by atoms with E-state index in [0.29, 0.717) is 20.1 Å². The number of benzene rings is 2. The van der Waals surface area contributed by atoms with Gasteiger partial charge in [-0.25, -0.2) is 0 Å². The van der Waals surface area contributed by atoms with Crippen LogP contribution >= 0.6 is 38.9 Å². The molecule has 100 valence electrons. The lowest BCUT2D eigenvalue weighted by Gasteiger charge is -2.06. The summed E-state index contributed by atoms with van der Waals surface area (Å²) < 4.78 is 1.79. The van der Waals surface area contributed by atoms with Gasteiger partial charge >= 0.3 is 0 Å². The standard InChI is InChI=1S/C15H9BrClNOS/c16-14-10(17)5-3-6-11(14)18-15(19)13-8-9-4-1-2-7-12(9)20-13/h1-8H,(H,18,19). The van der Waals surface area contributed by atoms with Crippen molar-refractivity contribution in [3.63, 3.8) is 0 Å². The number of nitrogens with one attached hydrogen (secondary N) is 1. The molecule has 0 atom stereocenters. The third-order valence-corrected chi connectivity index (χ3v) is 5.36. The van der Waals surface area contributed by atoms with Crippen molar-refractivity contribution < 1.29 is 4.79 Å². The fraction of sp³-hybridized carbons (Fsp3) is 0. The van der Waals surface area contributed by atoms with Gasteiger partial charge in [0.1, 0.15) is 0 Å². The zero-order valence-corrected chi connectivity index (χ0v) is 13.3. The number of halogens is 2. The quantitative estimate of drug-likeness (QED) is 0.631. The third kappa shape index (κ3) is 2.59. The van der Waals surface area contributed by atoms with Gasteiger partial charge < -0.3 is 5.32 Å². The van der Waals surface area contributed by atoms with E-state index in [4.69, 9.17) is 11.6 Å². The van der Waals surface area contributed by atoms with Crippen molar-refractivity contribution >= 4 is 60.5 Å². The van der Waals surface area contributed by atoms with E-state index in [9.17, 15) is 4.79 Å². The van der Waals surface area contributed by atoms with E-state index >= 15 is 0 Å². The molecule has 1 N–H and O–H groups in total. The zero-order valence-electron chi connectivity index (χ0n) is 10.2. The molecule has 1 heterocycles. The third-order valence-electron chi connectivity index (χ3n) is 2.85. The number of hydrogen-bond donors (Lipinski definition) is 1. The molecule has 0 aliphatic heterocycles. The Bertz CT molecular complexity index is 766. The summed E-state index contributed by atoms with van der Waals surface area (Å²) in [6, 6.07) is 15.2. The topological polar surface area (TPSA) is 29.1 Å². The van der Waals surface area contributed by atoms with Gasteiger partial charge in [-0.05, 0) is 45.6 Å². The average molecular weight is 367 g/mol. The number of thiophene rings is 1. The second-order valence-corrected chi connectivity index (χ2v) is 6.49. The summed E-state index contributed by atoms with van der Waals surface area (Å²) in [5, 5.41) is 4.51. The van der Waals surface area contributed by atoms with Crippen molar-refractivity contribution in [2.24, 2.45) is 0 Å². The SMILES string of the molecule is O=C(Nc1cccc(Cl)c1Br)c1cc2ccccc2s1.